The molecular weight excluding hydrogens is 398 g/mol. The van der Waals surface area contributed by atoms with Crippen molar-refractivity contribution in [2.45, 2.75) is 52.6 Å². The SMILES string of the molecule is CCc1nc2ccc(-c3[nH]c4ccc(C5CN(C)CCO5)cc4c3C(C)C)c(CC)n2n1. The van der Waals surface area contributed by atoms with E-state index in [0.717, 1.165) is 44.0 Å². The Balaban J connectivity index is 1.68. The zero-order valence-corrected chi connectivity index (χ0v) is 19.8. The van der Waals surface area contributed by atoms with Crippen molar-refractivity contribution in [2.24, 2.45) is 0 Å². The van der Waals surface area contributed by atoms with Crippen LogP contribution in [-0.2, 0) is 17.6 Å². The van der Waals surface area contributed by atoms with E-state index >= 15 is 0 Å². The number of morpholine rings is 1. The van der Waals surface area contributed by atoms with Crippen LogP contribution < -0.4 is 0 Å². The van der Waals surface area contributed by atoms with Crippen molar-refractivity contribution >= 4 is 16.6 Å². The number of aryl methyl sites for hydroxylation is 2. The van der Waals surface area contributed by atoms with Crippen LogP contribution in [0.3, 0.4) is 0 Å². The predicted octanol–water partition coefficient (Wildman–Crippen LogP) is 5.13. The smallest absolute Gasteiger partial charge is 0.155 e. The van der Waals surface area contributed by atoms with E-state index in [1.54, 1.807) is 0 Å². The minimum atomic E-state index is 0.127. The van der Waals surface area contributed by atoms with Gasteiger partial charge in [0.1, 0.15) is 0 Å². The van der Waals surface area contributed by atoms with Gasteiger partial charge in [-0.05, 0) is 54.8 Å². The molecule has 1 aliphatic heterocycles. The monoisotopic (exact) mass is 431 g/mol. The zero-order chi connectivity index (χ0) is 22.4. The lowest BCUT2D eigenvalue weighted by Crippen LogP contribution is -2.35. The summed E-state index contributed by atoms with van der Waals surface area (Å²) in [5.74, 6) is 1.27. The van der Waals surface area contributed by atoms with Gasteiger partial charge in [-0.25, -0.2) is 9.50 Å². The lowest BCUT2D eigenvalue weighted by Gasteiger charge is -2.30. The minimum Gasteiger partial charge on any atom is -0.371 e. The first-order valence-corrected chi connectivity index (χ1v) is 11.8. The average molecular weight is 432 g/mol. The highest BCUT2D eigenvalue weighted by atomic mass is 16.5. The van der Waals surface area contributed by atoms with Gasteiger partial charge < -0.3 is 14.6 Å². The number of benzene rings is 1. The van der Waals surface area contributed by atoms with Gasteiger partial charge in [0, 0.05) is 36.0 Å². The number of H-pyrrole nitrogens is 1. The van der Waals surface area contributed by atoms with Crippen molar-refractivity contribution in [3.63, 3.8) is 0 Å². The van der Waals surface area contributed by atoms with Gasteiger partial charge in [0.15, 0.2) is 11.5 Å². The number of hydrogen-bond donors (Lipinski definition) is 1. The summed E-state index contributed by atoms with van der Waals surface area (Å²) in [7, 11) is 2.17. The van der Waals surface area contributed by atoms with Crippen LogP contribution in [0.15, 0.2) is 30.3 Å². The molecule has 0 aliphatic carbocycles. The zero-order valence-electron chi connectivity index (χ0n) is 19.8. The minimum absolute atomic E-state index is 0.127. The highest BCUT2D eigenvalue weighted by molar-refractivity contribution is 5.92. The van der Waals surface area contributed by atoms with Crippen LogP contribution in [0, 0.1) is 0 Å². The fourth-order valence-electron chi connectivity index (χ4n) is 4.98. The normalized spacial score (nSPS) is 17.8. The van der Waals surface area contributed by atoms with E-state index < -0.39 is 0 Å². The first kappa shape index (κ1) is 21.2. The maximum absolute atomic E-state index is 6.10. The maximum atomic E-state index is 6.10. The Labute approximate surface area is 189 Å². The molecule has 5 rings (SSSR count). The van der Waals surface area contributed by atoms with Crippen LogP contribution in [0.2, 0.25) is 0 Å². The molecule has 0 saturated carbocycles. The Morgan fingerprint density at radius 1 is 1.16 bits per heavy atom. The molecule has 6 nitrogen and oxygen atoms in total. The second-order valence-electron chi connectivity index (χ2n) is 9.19. The van der Waals surface area contributed by atoms with Crippen molar-refractivity contribution in [2.75, 3.05) is 26.7 Å². The van der Waals surface area contributed by atoms with E-state index in [4.69, 9.17) is 9.84 Å². The van der Waals surface area contributed by atoms with E-state index in [1.807, 2.05) is 4.52 Å². The molecule has 1 N–H and O–H groups in total. The second kappa shape index (κ2) is 8.34. The Morgan fingerprint density at radius 2 is 2.00 bits per heavy atom. The van der Waals surface area contributed by atoms with Crippen LogP contribution in [0.4, 0.5) is 0 Å². The first-order chi connectivity index (χ1) is 15.5. The van der Waals surface area contributed by atoms with Gasteiger partial charge in [0.25, 0.3) is 0 Å². The third-order valence-corrected chi connectivity index (χ3v) is 6.64. The molecule has 6 heteroatoms. The number of ether oxygens (including phenoxy) is 1. The molecule has 0 bridgehead atoms. The van der Waals surface area contributed by atoms with Crippen LogP contribution >= 0.6 is 0 Å². The summed E-state index contributed by atoms with van der Waals surface area (Å²) in [6.45, 7) is 11.6. The van der Waals surface area contributed by atoms with Gasteiger partial charge in [-0.2, -0.15) is 5.10 Å². The van der Waals surface area contributed by atoms with Crippen LogP contribution in [0.25, 0.3) is 27.8 Å². The molecule has 32 heavy (non-hydrogen) atoms. The van der Waals surface area contributed by atoms with Gasteiger partial charge >= 0.3 is 0 Å². The molecule has 3 aromatic heterocycles. The van der Waals surface area contributed by atoms with Gasteiger partial charge in [-0.1, -0.05) is 33.8 Å². The van der Waals surface area contributed by atoms with Crippen LogP contribution in [-0.4, -0.2) is 51.2 Å². The van der Waals surface area contributed by atoms with Gasteiger partial charge in [0.2, 0.25) is 0 Å². The number of likely N-dealkylation sites (N-methyl/N-ethyl adjacent to an activating group) is 1. The summed E-state index contributed by atoms with van der Waals surface area (Å²) < 4.78 is 8.13. The average Bonchev–Trinajstić information content (AvgIpc) is 3.39. The molecule has 0 radical (unpaired) electrons. The Hall–Kier alpha value is -2.70. The fraction of sp³-hybridized carbons (Fsp3) is 0.462. The van der Waals surface area contributed by atoms with Crippen LogP contribution in [0.1, 0.15) is 62.4 Å². The van der Waals surface area contributed by atoms with Crippen LogP contribution in [0.5, 0.6) is 0 Å². The Bertz CT molecular complexity index is 1270. The second-order valence-corrected chi connectivity index (χ2v) is 9.19. The number of hydrogen-bond acceptors (Lipinski definition) is 4. The van der Waals surface area contributed by atoms with E-state index in [-0.39, 0.29) is 6.10 Å². The quantitative estimate of drug-likeness (QED) is 0.476. The number of fused-ring (bicyclic) bond motifs is 2. The number of nitrogens with one attached hydrogen (secondary N) is 1. The first-order valence-electron chi connectivity index (χ1n) is 11.8. The lowest BCUT2D eigenvalue weighted by atomic mass is 9.93. The summed E-state index contributed by atoms with van der Waals surface area (Å²) >= 11 is 0. The highest BCUT2D eigenvalue weighted by Crippen LogP contribution is 2.38. The Kier molecular flexibility index (Phi) is 5.51. The summed E-state index contributed by atoms with van der Waals surface area (Å²) in [6, 6.07) is 11.1. The van der Waals surface area contributed by atoms with Gasteiger partial charge in [0.05, 0.1) is 24.1 Å². The fourth-order valence-corrected chi connectivity index (χ4v) is 4.98. The van der Waals surface area contributed by atoms with Crippen molar-refractivity contribution < 1.29 is 4.74 Å². The van der Waals surface area contributed by atoms with Crippen molar-refractivity contribution in [3.05, 3.63) is 53.0 Å². The molecule has 4 heterocycles. The maximum Gasteiger partial charge on any atom is 0.155 e. The number of nitrogens with zero attached hydrogens (tertiary/aromatic N) is 4. The van der Waals surface area contributed by atoms with E-state index in [2.05, 4.69) is 79.9 Å². The number of pyridine rings is 1. The Morgan fingerprint density at radius 3 is 2.72 bits per heavy atom. The van der Waals surface area contributed by atoms with Crippen molar-refractivity contribution in [3.8, 4) is 11.3 Å². The molecule has 4 aromatic rings. The van der Waals surface area contributed by atoms with E-state index in [9.17, 15) is 0 Å². The van der Waals surface area contributed by atoms with Crippen molar-refractivity contribution in [1.82, 2.24) is 24.5 Å². The molecule has 1 aliphatic rings. The number of rotatable bonds is 5. The molecular formula is C26H33N5O. The molecule has 1 unspecified atom stereocenters. The highest BCUT2D eigenvalue weighted by Gasteiger charge is 2.23. The van der Waals surface area contributed by atoms with Gasteiger partial charge in [-0.3, -0.25) is 0 Å². The summed E-state index contributed by atoms with van der Waals surface area (Å²) in [4.78, 5) is 10.8. The molecule has 168 valence electrons. The van der Waals surface area contributed by atoms with E-state index in [1.165, 1.54) is 39.0 Å². The number of aromatic nitrogens is 4. The molecule has 1 aromatic carbocycles. The molecule has 1 atom stereocenters. The number of aromatic amines is 1. The molecule has 1 fully saturated rings. The summed E-state index contributed by atoms with van der Waals surface area (Å²) in [6.07, 6.45) is 1.85. The predicted molar refractivity (Wildman–Crippen MR) is 129 cm³/mol. The van der Waals surface area contributed by atoms with Gasteiger partial charge in [-0.15, -0.1) is 0 Å². The topological polar surface area (TPSA) is 58.5 Å². The summed E-state index contributed by atoms with van der Waals surface area (Å²) in [5, 5.41) is 6.06. The standard InChI is InChI=1S/C26H33N5O/c1-6-21-18(9-11-24-28-23(7-2)29-31(21)24)26-25(16(3)4)19-14-17(8-10-20(19)27-26)22-15-30(5)12-13-32-22/h8-11,14,16,22,27H,6-7,12-13,15H2,1-5H3. The molecule has 0 amide bonds. The third kappa shape index (κ3) is 3.51. The molecule has 0 spiro atoms. The third-order valence-electron chi connectivity index (χ3n) is 6.64. The molecule has 1 saturated heterocycles. The van der Waals surface area contributed by atoms with Crippen molar-refractivity contribution in [1.29, 1.82) is 0 Å². The summed E-state index contributed by atoms with van der Waals surface area (Å²) in [5.41, 5.74) is 8.31. The largest absolute Gasteiger partial charge is 0.371 e. The van der Waals surface area contributed by atoms with E-state index in [0.29, 0.717) is 5.92 Å². The lowest BCUT2D eigenvalue weighted by molar-refractivity contribution is -0.0208.